The second kappa shape index (κ2) is 11.7. The van der Waals surface area contributed by atoms with Crippen LogP contribution in [0.25, 0.3) is 0 Å². The summed E-state index contributed by atoms with van der Waals surface area (Å²) >= 11 is 1.93. The first-order valence-electron chi connectivity index (χ1n) is 9.15. The van der Waals surface area contributed by atoms with Gasteiger partial charge in [0.2, 0.25) is 0 Å². The molecule has 27 heavy (non-hydrogen) atoms. The van der Waals surface area contributed by atoms with Crippen LogP contribution < -0.4 is 10.6 Å². The van der Waals surface area contributed by atoms with Crippen molar-refractivity contribution in [3.05, 3.63) is 53.6 Å². The zero-order valence-electron chi connectivity index (χ0n) is 16.2. The van der Waals surface area contributed by atoms with Crippen molar-refractivity contribution in [2.45, 2.75) is 25.2 Å². The summed E-state index contributed by atoms with van der Waals surface area (Å²) in [5.74, 6) is 1.17. The Morgan fingerprint density at radius 2 is 1.59 bits per heavy atom. The quantitative estimate of drug-likeness (QED) is 0.397. The topological polar surface area (TPSA) is 32.5 Å². The molecule has 6 heteroatoms. The van der Waals surface area contributed by atoms with Gasteiger partial charge in [-0.15, -0.1) is 36.6 Å². The summed E-state index contributed by atoms with van der Waals surface area (Å²) in [4.78, 5) is 6.46. The molecule has 3 nitrogen and oxygen atoms in total. The fourth-order valence-electron chi connectivity index (χ4n) is 3.33. The number of aryl methyl sites for hydroxylation is 1. The molecule has 0 bridgehead atoms. The molecule has 1 heterocycles. The van der Waals surface area contributed by atoms with E-state index in [-0.39, 0.29) is 24.8 Å². The van der Waals surface area contributed by atoms with Gasteiger partial charge < -0.3 is 10.6 Å². The van der Waals surface area contributed by atoms with Crippen LogP contribution in [-0.4, -0.2) is 43.4 Å². The molecule has 0 aliphatic carbocycles. The monoisotopic (exact) mass is 427 g/mol. The molecule has 0 atom stereocenters. The summed E-state index contributed by atoms with van der Waals surface area (Å²) in [5, 5.41) is 0. The van der Waals surface area contributed by atoms with Gasteiger partial charge in [-0.05, 0) is 74.0 Å². The lowest BCUT2D eigenvalue weighted by atomic mass is 10.1. The van der Waals surface area contributed by atoms with E-state index in [0.29, 0.717) is 0 Å². The highest BCUT2D eigenvalue weighted by molar-refractivity contribution is 7.99. The van der Waals surface area contributed by atoms with E-state index in [9.17, 15) is 0 Å². The van der Waals surface area contributed by atoms with Crippen molar-refractivity contribution >= 4 is 48.0 Å². The maximum Gasteiger partial charge on any atom is 0.0399 e. The number of anilines is 2. The molecule has 1 saturated heterocycles. The largest absolute Gasteiger partial charge is 0.399 e. The van der Waals surface area contributed by atoms with Gasteiger partial charge in [-0.1, -0.05) is 12.1 Å². The van der Waals surface area contributed by atoms with Crippen LogP contribution in [0.15, 0.2) is 47.4 Å². The first-order chi connectivity index (χ1) is 12.1. The van der Waals surface area contributed by atoms with Gasteiger partial charge in [0, 0.05) is 42.4 Å². The highest BCUT2D eigenvalue weighted by Crippen LogP contribution is 2.24. The Kier molecular flexibility index (Phi) is 10.4. The molecule has 1 fully saturated rings. The van der Waals surface area contributed by atoms with E-state index in [4.69, 9.17) is 5.73 Å². The lowest BCUT2D eigenvalue weighted by Gasteiger charge is -2.37. The van der Waals surface area contributed by atoms with Crippen LogP contribution in [-0.2, 0) is 0 Å². The number of thioether (sulfide) groups is 1. The third-order valence-corrected chi connectivity index (χ3v) is 6.15. The van der Waals surface area contributed by atoms with E-state index >= 15 is 0 Å². The zero-order valence-corrected chi connectivity index (χ0v) is 18.6. The summed E-state index contributed by atoms with van der Waals surface area (Å²) in [6, 6.07) is 14.8. The molecule has 0 amide bonds. The van der Waals surface area contributed by atoms with E-state index in [0.717, 1.165) is 18.8 Å². The Bertz CT molecular complexity index is 686. The first kappa shape index (κ1) is 24.0. The summed E-state index contributed by atoms with van der Waals surface area (Å²) in [6.07, 6.45) is 1.23. The minimum Gasteiger partial charge on any atom is -0.399 e. The van der Waals surface area contributed by atoms with Gasteiger partial charge in [0.05, 0.1) is 0 Å². The average Bonchev–Trinajstić information content (AvgIpc) is 2.63. The van der Waals surface area contributed by atoms with Crippen LogP contribution in [0.5, 0.6) is 0 Å². The number of rotatable bonds is 6. The van der Waals surface area contributed by atoms with Crippen molar-refractivity contribution in [1.82, 2.24) is 4.90 Å². The molecule has 150 valence electrons. The lowest BCUT2D eigenvalue weighted by Crippen LogP contribution is -2.47. The van der Waals surface area contributed by atoms with Gasteiger partial charge in [-0.25, -0.2) is 0 Å². The molecule has 0 radical (unpaired) electrons. The van der Waals surface area contributed by atoms with Crippen molar-refractivity contribution in [2.75, 3.05) is 49.1 Å². The van der Waals surface area contributed by atoms with Gasteiger partial charge in [-0.3, -0.25) is 4.90 Å². The highest BCUT2D eigenvalue weighted by atomic mass is 35.5. The molecular weight excluding hydrogens is 397 g/mol. The number of hydrogen-bond acceptors (Lipinski definition) is 4. The summed E-state index contributed by atoms with van der Waals surface area (Å²) in [6.45, 7) is 10.2. The number of piperazine rings is 1. The molecule has 1 aliphatic rings. The molecular formula is C21H31Cl2N3S. The van der Waals surface area contributed by atoms with E-state index in [1.165, 1.54) is 53.5 Å². The molecule has 0 aromatic heterocycles. The summed E-state index contributed by atoms with van der Waals surface area (Å²) in [7, 11) is 0. The molecule has 1 aliphatic heterocycles. The van der Waals surface area contributed by atoms with Crippen molar-refractivity contribution in [3.8, 4) is 0 Å². The van der Waals surface area contributed by atoms with E-state index in [1.54, 1.807) is 0 Å². The Labute approximate surface area is 180 Å². The first-order valence-corrected chi connectivity index (χ1v) is 10.1. The van der Waals surface area contributed by atoms with Crippen molar-refractivity contribution < 1.29 is 0 Å². The van der Waals surface area contributed by atoms with E-state index in [2.05, 4.69) is 54.0 Å². The number of benzene rings is 2. The number of halogens is 2. The molecule has 0 spiro atoms. The average molecular weight is 428 g/mol. The summed E-state index contributed by atoms with van der Waals surface area (Å²) < 4.78 is 0. The van der Waals surface area contributed by atoms with Crippen LogP contribution in [0, 0.1) is 13.8 Å². The number of nitrogen functional groups attached to an aromatic ring is 1. The van der Waals surface area contributed by atoms with Crippen molar-refractivity contribution in [3.63, 3.8) is 0 Å². The van der Waals surface area contributed by atoms with E-state index < -0.39 is 0 Å². The maximum atomic E-state index is 5.73. The molecule has 0 saturated carbocycles. The molecule has 2 N–H and O–H groups in total. The molecule has 2 aromatic carbocycles. The predicted octanol–water partition coefficient (Wildman–Crippen LogP) is 5.03. The SMILES string of the molecule is Cc1cccc(N2CCN(CCCSc3ccc(N)cc3)CC2)c1C.Cl.Cl. The Morgan fingerprint density at radius 1 is 0.926 bits per heavy atom. The fraction of sp³-hybridized carbons (Fsp3) is 0.429. The Morgan fingerprint density at radius 3 is 2.26 bits per heavy atom. The van der Waals surface area contributed by atoms with Crippen LogP contribution in [0.1, 0.15) is 17.5 Å². The molecule has 2 aromatic rings. The number of hydrogen-bond donors (Lipinski definition) is 1. The molecule has 0 unspecified atom stereocenters. The fourth-order valence-corrected chi connectivity index (χ4v) is 4.17. The minimum absolute atomic E-state index is 0. The lowest BCUT2D eigenvalue weighted by molar-refractivity contribution is 0.259. The maximum absolute atomic E-state index is 5.73. The number of nitrogens with zero attached hydrogens (tertiary/aromatic N) is 2. The number of nitrogens with two attached hydrogens (primary N) is 1. The predicted molar refractivity (Wildman–Crippen MR) is 125 cm³/mol. The summed E-state index contributed by atoms with van der Waals surface area (Å²) in [5.41, 5.74) is 10.8. The normalized spacial score (nSPS) is 14.4. The van der Waals surface area contributed by atoms with Crippen LogP contribution >= 0.6 is 36.6 Å². The smallest absolute Gasteiger partial charge is 0.0399 e. The van der Waals surface area contributed by atoms with Crippen molar-refractivity contribution in [1.29, 1.82) is 0 Å². The second-order valence-corrected chi connectivity index (χ2v) is 7.99. The van der Waals surface area contributed by atoms with Crippen molar-refractivity contribution in [2.24, 2.45) is 0 Å². The van der Waals surface area contributed by atoms with Crippen LogP contribution in [0.4, 0.5) is 11.4 Å². The van der Waals surface area contributed by atoms with E-state index in [1.807, 2.05) is 23.9 Å². The molecule has 3 rings (SSSR count). The standard InChI is InChI=1S/C21H29N3S.2ClH/c1-17-5-3-6-21(18(17)2)24-14-12-23(13-15-24)11-4-16-25-20-9-7-19(22)8-10-20;;/h3,5-10H,4,11-16,22H2,1-2H3;2*1H. The van der Waals surface area contributed by atoms with Crippen LogP contribution in [0.3, 0.4) is 0 Å². The van der Waals surface area contributed by atoms with Crippen LogP contribution in [0.2, 0.25) is 0 Å². The third-order valence-electron chi connectivity index (χ3n) is 5.06. The van der Waals surface area contributed by atoms with Gasteiger partial charge in [-0.2, -0.15) is 0 Å². The Balaban J connectivity index is 0.00000182. The zero-order chi connectivity index (χ0) is 17.6. The third kappa shape index (κ3) is 6.79. The Hall–Kier alpha value is -1.07. The second-order valence-electron chi connectivity index (χ2n) is 6.82. The minimum atomic E-state index is 0. The highest BCUT2D eigenvalue weighted by Gasteiger charge is 2.18. The van der Waals surface area contributed by atoms with Gasteiger partial charge >= 0.3 is 0 Å². The van der Waals surface area contributed by atoms with Gasteiger partial charge in [0.1, 0.15) is 0 Å². The van der Waals surface area contributed by atoms with Gasteiger partial charge in [0.25, 0.3) is 0 Å². The van der Waals surface area contributed by atoms with Gasteiger partial charge in [0.15, 0.2) is 0 Å².